The first-order chi connectivity index (χ1) is 9.27. The van der Waals surface area contributed by atoms with Gasteiger partial charge in [0.2, 0.25) is 0 Å². The first-order valence-electron chi connectivity index (χ1n) is 5.77. The number of alkyl halides is 3. The zero-order valence-corrected chi connectivity index (χ0v) is 10.6. The fraction of sp³-hybridized carbons (Fsp3) is 0.143. The summed E-state index contributed by atoms with van der Waals surface area (Å²) >= 11 is 0. The molecule has 20 heavy (non-hydrogen) atoms. The SMILES string of the molecule is Cc1ccc(Nc2ccc(N)cc2F)cc1C(F)(F)F. The lowest BCUT2D eigenvalue weighted by molar-refractivity contribution is -0.138. The molecular weight excluding hydrogens is 272 g/mol. The van der Waals surface area contributed by atoms with Crippen molar-refractivity contribution in [2.45, 2.75) is 13.1 Å². The smallest absolute Gasteiger partial charge is 0.399 e. The molecule has 0 saturated heterocycles. The van der Waals surface area contributed by atoms with E-state index in [9.17, 15) is 17.6 Å². The van der Waals surface area contributed by atoms with E-state index in [0.29, 0.717) is 0 Å². The highest BCUT2D eigenvalue weighted by molar-refractivity contribution is 5.63. The number of hydrogen-bond donors (Lipinski definition) is 2. The molecule has 0 heterocycles. The lowest BCUT2D eigenvalue weighted by Crippen LogP contribution is -2.08. The monoisotopic (exact) mass is 284 g/mol. The Morgan fingerprint density at radius 3 is 2.35 bits per heavy atom. The van der Waals surface area contributed by atoms with Crippen LogP contribution in [0.3, 0.4) is 0 Å². The Bertz CT molecular complexity index is 636. The number of aryl methyl sites for hydroxylation is 1. The average molecular weight is 284 g/mol. The molecule has 0 radical (unpaired) electrons. The van der Waals surface area contributed by atoms with Gasteiger partial charge >= 0.3 is 6.18 Å². The van der Waals surface area contributed by atoms with Gasteiger partial charge in [-0.3, -0.25) is 0 Å². The summed E-state index contributed by atoms with van der Waals surface area (Å²) in [4.78, 5) is 0. The van der Waals surface area contributed by atoms with Crippen LogP contribution in [0.25, 0.3) is 0 Å². The standard InChI is InChI=1S/C14H12F4N2/c1-8-2-4-10(7-11(8)14(16,17)18)20-13-5-3-9(19)6-12(13)15/h2-7,20H,19H2,1H3. The molecule has 0 atom stereocenters. The third-order valence-electron chi connectivity index (χ3n) is 2.82. The van der Waals surface area contributed by atoms with Gasteiger partial charge in [0, 0.05) is 11.4 Å². The van der Waals surface area contributed by atoms with Crippen LogP contribution in [0.15, 0.2) is 36.4 Å². The van der Waals surface area contributed by atoms with Crippen LogP contribution in [0.4, 0.5) is 34.6 Å². The van der Waals surface area contributed by atoms with Gasteiger partial charge in [-0.15, -0.1) is 0 Å². The zero-order chi connectivity index (χ0) is 14.9. The molecule has 2 nitrogen and oxygen atoms in total. The fourth-order valence-electron chi connectivity index (χ4n) is 1.79. The predicted octanol–water partition coefficient (Wildman–Crippen LogP) is 4.48. The number of halogens is 4. The first kappa shape index (κ1) is 14.2. The summed E-state index contributed by atoms with van der Waals surface area (Å²) in [5, 5.41) is 2.61. The van der Waals surface area contributed by atoms with Crippen LogP contribution in [0.1, 0.15) is 11.1 Å². The van der Waals surface area contributed by atoms with Crippen molar-refractivity contribution in [1.82, 2.24) is 0 Å². The number of benzene rings is 2. The summed E-state index contributed by atoms with van der Waals surface area (Å²) in [6, 6.07) is 7.68. The molecular formula is C14H12F4N2. The maximum Gasteiger partial charge on any atom is 0.416 e. The van der Waals surface area contributed by atoms with Crippen molar-refractivity contribution in [2.75, 3.05) is 11.1 Å². The van der Waals surface area contributed by atoms with E-state index in [1.54, 1.807) is 0 Å². The predicted molar refractivity (Wildman–Crippen MR) is 70.3 cm³/mol. The van der Waals surface area contributed by atoms with Crippen LogP contribution in [-0.2, 0) is 6.18 Å². The molecule has 106 valence electrons. The van der Waals surface area contributed by atoms with Crippen molar-refractivity contribution >= 4 is 17.1 Å². The molecule has 0 aliphatic carbocycles. The number of anilines is 3. The quantitative estimate of drug-likeness (QED) is 0.630. The molecule has 0 aromatic heterocycles. The Morgan fingerprint density at radius 1 is 1.05 bits per heavy atom. The van der Waals surface area contributed by atoms with Crippen molar-refractivity contribution in [3.05, 3.63) is 53.3 Å². The molecule has 2 rings (SSSR count). The summed E-state index contributed by atoms with van der Waals surface area (Å²) in [6.07, 6.45) is -4.44. The number of hydrogen-bond acceptors (Lipinski definition) is 2. The fourth-order valence-corrected chi connectivity index (χ4v) is 1.79. The number of nitrogens with two attached hydrogens (primary N) is 1. The van der Waals surface area contributed by atoms with Crippen molar-refractivity contribution < 1.29 is 17.6 Å². The van der Waals surface area contributed by atoms with Crippen LogP contribution < -0.4 is 11.1 Å². The molecule has 0 amide bonds. The van der Waals surface area contributed by atoms with Gasteiger partial charge in [-0.2, -0.15) is 13.2 Å². The van der Waals surface area contributed by atoms with Gasteiger partial charge in [0.25, 0.3) is 0 Å². The van der Waals surface area contributed by atoms with E-state index < -0.39 is 17.6 Å². The Hall–Kier alpha value is -2.24. The normalized spacial score (nSPS) is 11.4. The molecule has 0 fully saturated rings. The van der Waals surface area contributed by atoms with Crippen LogP contribution in [0.5, 0.6) is 0 Å². The van der Waals surface area contributed by atoms with Gasteiger partial charge < -0.3 is 11.1 Å². The van der Waals surface area contributed by atoms with E-state index >= 15 is 0 Å². The molecule has 3 N–H and O–H groups in total. The Morgan fingerprint density at radius 2 is 1.75 bits per heavy atom. The van der Waals surface area contributed by atoms with Gasteiger partial charge in [-0.25, -0.2) is 4.39 Å². The molecule has 0 unspecified atom stereocenters. The molecule has 6 heteroatoms. The van der Waals surface area contributed by atoms with Gasteiger partial charge in [-0.05, 0) is 42.8 Å². The topological polar surface area (TPSA) is 38.0 Å². The van der Waals surface area contributed by atoms with E-state index in [1.165, 1.54) is 31.2 Å². The van der Waals surface area contributed by atoms with Crippen molar-refractivity contribution in [3.8, 4) is 0 Å². The second-order valence-corrected chi connectivity index (χ2v) is 4.39. The van der Waals surface area contributed by atoms with Gasteiger partial charge in [0.05, 0.1) is 11.3 Å². The Kier molecular flexibility index (Phi) is 3.57. The summed E-state index contributed by atoms with van der Waals surface area (Å²) in [7, 11) is 0. The van der Waals surface area contributed by atoms with Crippen LogP contribution >= 0.6 is 0 Å². The summed E-state index contributed by atoms with van der Waals surface area (Å²) in [5.74, 6) is -0.626. The number of nitrogen functional groups attached to an aromatic ring is 1. The van der Waals surface area contributed by atoms with Crippen LogP contribution in [-0.4, -0.2) is 0 Å². The number of rotatable bonds is 2. The van der Waals surface area contributed by atoms with E-state index in [2.05, 4.69) is 5.32 Å². The highest BCUT2D eigenvalue weighted by atomic mass is 19.4. The summed E-state index contributed by atoms with van der Waals surface area (Å²) in [5.41, 5.74) is 5.23. The van der Waals surface area contributed by atoms with E-state index in [0.717, 1.165) is 12.1 Å². The zero-order valence-electron chi connectivity index (χ0n) is 10.6. The third-order valence-corrected chi connectivity index (χ3v) is 2.82. The minimum atomic E-state index is -4.44. The highest BCUT2D eigenvalue weighted by Gasteiger charge is 2.32. The molecule has 0 bridgehead atoms. The minimum absolute atomic E-state index is 0.0659. The van der Waals surface area contributed by atoms with E-state index in [1.807, 2.05) is 0 Å². The molecule has 0 saturated carbocycles. The van der Waals surface area contributed by atoms with Crippen LogP contribution in [0.2, 0.25) is 0 Å². The van der Waals surface area contributed by atoms with Crippen molar-refractivity contribution in [1.29, 1.82) is 0 Å². The average Bonchev–Trinajstić information content (AvgIpc) is 2.33. The third kappa shape index (κ3) is 3.01. The largest absolute Gasteiger partial charge is 0.416 e. The summed E-state index contributed by atoms with van der Waals surface area (Å²) in [6.45, 7) is 1.37. The molecule has 0 aliphatic rings. The van der Waals surface area contributed by atoms with Crippen LogP contribution in [0, 0.1) is 12.7 Å². The van der Waals surface area contributed by atoms with Gasteiger partial charge in [0.15, 0.2) is 0 Å². The lowest BCUT2D eigenvalue weighted by atomic mass is 10.1. The lowest BCUT2D eigenvalue weighted by Gasteiger charge is -2.14. The molecule has 0 aliphatic heterocycles. The van der Waals surface area contributed by atoms with Gasteiger partial charge in [0.1, 0.15) is 5.82 Å². The molecule has 0 spiro atoms. The number of nitrogens with one attached hydrogen (secondary N) is 1. The minimum Gasteiger partial charge on any atom is -0.399 e. The van der Waals surface area contributed by atoms with E-state index in [-0.39, 0.29) is 22.6 Å². The van der Waals surface area contributed by atoms with E-state index in [4.69, 9.17) is 5.73 Å². The van der Waals surface area contributed by atoms with Gasteiger partial charge in [-0.1, -0.05) is 6.07 Å². The Labute approximate surface area is 113 Å². The molecule has 2 aromatic rings. The van der Waals surface area contributed by atoms with Crippen molar-refractivity contribution in [2.24, 2.45) is 0 Å². The summed E-state index contributed by atoms with van der Waals surface area (Å²) < 4.78 is 51.9. The molecule has 2 aromatic carbocycles. The maximum atomic E-state index is 13.6. The second-order valence-electron chi connectivity index (χ2n) is 4.39. The highest BCUT2D eigenvalue weighted by Crippen LogP contribution is 2.34. The van der Waals surface area contributed by atoms with Crippen molar-refractivity contribution in [3.63, 3.8) is 0 Å². The second kappa shape index (κ2) is 5.03. The first-order valence-corrected chi connectivity index (χ1v) is 5.77. The Balaban J connectivity index is 2.35. The maximum absolute atomic E-state index is 13.6.